The Morgan fingerprint density at radius 1 is 0.444 bits per heavy atom. The standard InChI is InChI=1S/C56H53BN2O4/c1-34-53(60-34)62-44-26-13-36(14-27-44)38-17-30-47-49(31-38)59(43-24-20-41(21-25-43)56(6,7)8)51-33-39(37-15-28-45(29-16-37)63-54-35(2)61-54)32-50-52(51)57(47)46-11-9-10-12-48(46)58(50)42-22-18-40(19-23-42)55(3,4)5/h9-35,53-54H,1-8H3. The van der Waals surface area contributed by atoms with Crippen LogP contribution in [-0.2, 0) is 20.3 Å². The van der Waals surface area contributed by atoms with Gasteiger partial charge in [-0.2, -0.15) is 0 Å². The summed E-state index contributed by atoms with van der Waals surface area (Å²) in [5.41, 5.74) is 17.9. The molecule has 7 aromatic rings. The molecule has 0 aliphatic carbocycles. The molecule has 4 unspecified atom stereocenters. The second-order valence-corrected chi connectivity index (χ2v) is 19.7. The number of fused-ring (bicyclic) bond motifs is 4. The molecule has 314 valence electrons. The largest absolute Gasteiger partial charge is 0.462 e. The van der Waals surface area contributed by atoms with Gasteiger partial charge in [-0.05, 0) is 147 Å². The number of ether oxygens (including phenoxy) is 4. The maximum atomic E-state index is 6.11. The number of rotatable bonds is 8. The molecule has 4 atom stereocenters. The van der Waals surface area contributed by atoms with Gasteiger partial charge < -0.3 is 28.7 Å². The lowest BCUT2D eigenvalue weighted by atomic mass is 9.33. The molecule has 63 heavy (non-hydrogen) atoms. The van der Waals surface area contributed by atoms with E-state index in [9.17, 15) is 0 Å². The monoisotopic (exact) mass is 828 g/mol. The zero-order chi connectivity index (χ0) is 43.4. The molecular weight excluding hydrogens is 775 g/mol. The van der Waals surface area contributed by atoms with Gasteiger partial charge in [-0.15, -0.1) is 0 Å². The quantitative estimate of drug-likeness (QED) is 0.112. The summed E-state index contributed by atoms with van der Waals surface area (Å²) in [6.45, 7) is 17.7. The van der Waals surface area contributed by atoms with E-state index in [2.05, 4.69) is 203 Å². The van der Waals surface area contributed by atoms with Crippen LogP contribution in [0.25, 0.3) is 22.3 Å². The summed E-state index contributed by atoms with van der Waals surface area (Å²) >= 11 is 0. The summed E-state index contributed by atoms with van der Waals surface area (Å²) in [7, 11) is 0. The van der Waals surface area contributed by atoms with E-state index >= 15 is 0 Å². The Balaban J connectivity index is 1.13. The SMILES string of the molecule is CC1OC1Oc1ccc(-c2ccc3c(c2)N(c2ccc(C(C)(C)C)cc2)c2cc(-c4ccc(OC5OC5C)cc4)cc4c2B3c2ccccc2N4c2ccc(C(C)(C)C)cc2)cc1. The lowest BCUT2D eigenvalue weighted by Gasteiger charge is -2.44. The van der Waals surface area contributed by atoms with E-state index < -0.39 is 0 Å². The number of benzene rings is 7. The highest BCUT2D eigenvalue weighted by Crippen LogP contribution is 2.47. The average molecular weight is 829 g/mol. The van der Waals surface area contributed by atoms with Crippen LogP contribution >= 0.6 is 0 Å². The predicted molar refractivity (Wildman–Crippen MR) is 259 cm³/mol. The predicted octanol–water partition coefficient (Wildman–Crippen LogP) is 11.9. The molecule has 7 aromatic carbocycles. The van der Waals surface area contributed by atoms with Crippen molar-refractivity contribution >= 4 is 57.2 Å². The van der Waals surface area contributed by atoms with Crippen LogP contribution in [0.4, 0.5) is 34.1 Å². The van der Waals surface area contributed by atoms with Crippen molar-refractivity contribution in [1.82, 2.24) is 0 Å². The first-order chi connectivity index (χ1) is 30.3. The van der Waals surface area contributed by atoms with Gasteiger partial charge in [0.25, 0.3) is 6.71 Å². The Labute approximate surface area is 372 Å². The molecule has 0 spiro atoms. The smallest absolute Gasteiger partial charge is 0.252 e. The molecule has 6 nitrogen and oxygen atoms in total. The van der Waals surface area contributed by atoms with Crippen LogP contribution in [0.1, 0.15) is 66.5 Å². The molecule has 0 aromatic heterocycles. The van der Waals surface area contributed by atoms with Gasteiger partial charge >= 0.3 is 0 Å². The van der Waals surface area contributed by atoms with Crippen molar-refractivity contribution in [2.24, 2.45) is 0 Å². The van der Waals surface area contributed by atoms with Gasteiger partial charge in [0, 0.05) is 34.1 Å². The van der Waals surface area contributed by atoms with E-state index in [0.29, 0.717) is 0 Å². The first kappa shape index (κ1) is 39.6. The molecular formula is C56H53BN2O4. The first-order valence-electron chi connectivity index (χ1n) is 22.4. The third kappa shape index (κ3) is 7.17. The maximum Gasteiger partial charge on any atom is 0.252 e. The van der Waals surface area contributed by atoms with Crippen molar-refractivity contribution in [2.45, 2.75) is 91.0 Å². The normalized spacial score (nSPS) is 19.5. The van der Waals surface area contributed by atoms with Crippen molar-refractivity contribution in [3.63, 3.8) is 0 Å². The van der Waals surface area contributed by atoms with Crippen molar-refractivity contribution in [3.05, 3.63) is 163 Å². The maximum absolute atomic E-state index is 6.11. The van der Waals surface area contributed by atoms with E-state index in [0.717, 1.165) is 56.5 Å². The molecule has 0 amide bonds. The van der Waals surface area contributed by atoms with E-state index in [1.165, 1.54) is 38.9 Å². The number of para-hydroxylation sites is 1. The fraction of sp³-hybridized carbons (Fsp3) is 0.250. The lowest BCUT2D eigenvalue weighted by molar-refractivity contribution is 0.178. The Kier molecular flexibility index (Phi) is 9.20. The minimum Gasteiger partial charge on any atom is -0.462 e. The Bertz CT molecular complexity index is 2860. The number of hydrogen-bond donors (Lipinski definition) is 0. The van der Waals surface area contributed by atoms with Crippen molar-refractivity contribution in [1.29, 1.82) is 0 Å². The summed E-state index contributed by atoms with van der Waals surface area (Å²) in [5.74, 6) is 1.62. The number of hydrogen-bond acceptors (Lipinski definition) is 6. The Hall–Kier alpha value is -6.28. The second-order valence-electron chi connectivity index (χ2n) is 19.7. The molecule has 7 heteroatoms. The third-order valence-electron chi connectivity index (χ3n) is 13.2. The van der Waals surface area contributed by atoms with E-state index in [1.54, 1.807) is 0 Å². The van der Waals surface area contributed by atoms with Gasteiger partial charge in [0.15, 0.2) is 0 Å². The first-order valence-corrected chi connectivity index (χ1v) is 22.4. The number of epoxide rings is 2. The van der Waals surface area contributed by atoms with Gasteiger partial charge in [0.1, 0.15) is 23.7 Å². The molecule has 4 heterocycles. The topological polar surface area (TPSA) is 50.0 Å². The molecule has 0 radical (unpaired) electrons. The highest BCUT2D eigenvalue weighted by Gasteiger charge is 2.44. The van der Waals surface area contributed by atoms with E-state index in [4.69, 9.17) is 18.9 Å². The zero-order valence-corrected chi connectivity index (χ0v) is 37.3. The van der Waals surface area contributed by atoms with Crippen molar-refractivity contribution in [2.75, 3.05) is 9.80 Å². The highest BCUT2D eigenvalue weighted by molar-refractivity contribution is 7.00. The Morgan fingerprint density at radius 2 is 0.857 bits per heavy atom. The summed E-state index contributed by atoms with van der Waals surface area (Å²) in [6.07, 6.45) is -0.111. The highest BCUT2D eigenvalue weighted by atomic mass is 16.8. The van der Waals surface area contributed by atoms with Crippen molar-refractivity contribution in [3.8, 4) is 33.8 Å². The van der Waals surface area contributed by atoms with E-state index in [1.807, 2.05) is 13.8 Å². The van der Waals surface area contributed by atoms with Crippen LogP contribution in [0, 0.1) is 0 Å². The molecule has 4 aliphatic heterocycles. The van der Waals surface area contributed by atoms with Crippen LogP contribution in [0.2, 0.25) is 0 Å². The second kappa shape index (κ2) is 14.7. The zero-order valence-electron chi connectivity index (χ0n) is 37.3. The summed E-state index contributed by atoms with van der Waals surface area (Å²) < 4.78 is 23.3. The van der Waals surface area contributed by atoms with Gasteiger partial charge in [0.2, 0.25) is 12.6 Å². The number of nitrogens with zero attached hydrogens (tertiary/aromatic N) is 2. The van der Waals surface area contributed by atoms with Crippen LogP contribution in [0.3, 0.4) is 0 Å². The molecule has 0 bridgehead atoms. The summed E-state index contributed by atoms with van der Waals surface area (Å²) in [5, 5.41) is 0. The third-order valence-corrected chi connectivity index (χ3v) is 13.2. The van der Waals surface area contributed by atoms with Crippen LogP contribution in [0.5, 0.6) is 11.5 Å². The molecule has 0 saturated carbocycles. The van der Waals surface area contributed by atoms with Gasteiger partial charge in [0.05, 0.1) is 0 Å². The molecule has 4 aliphatic rings. The molecule has 0 N–H and O–H groups in total. The minimum absolute atomic E-state index is 0.00730. The minimum atomic E-state index is -0.185. The van der Waals surface area contributed by atoms with Crippen LogP contribution in [-0.4, -0.2) is 31.5 Å². The van der Waals surface area contributed by atoms with Crippen LogP contribution in [0.15, 0.2) is 152 Å². The van der Waals surface area contributed by atoms with Crippen molar-refractivity contribution < 1.29 is 18.9 Å². The molecule has 11 rings (SSSR count). The fourth-order valence-corrected chi connectivity index (χ4v) is 9.37. The van der Waals surface area contributed by atoms with Crippen LogP contribution < -0.4 is 35.7 Å². The average Bonchev–Trinajstić information content (AvgIpc) is 4.19. The Morgan fingerprint density at radius 3 is 1.33 bits per heavy atom. The van der Waals surface area contributed by atoms with Gasteiger partial charge in [-0.25, -0.2) is 0 Å². The molecule has 2 saturated heterocycles. The lowest BCUT2D eigenvalue weighted by Crippen LogP contribution is -2.61. The number of anilines is 6. The summed E-state index contributed by atoms with van der Waals surface area (Å²) in [4.78, 5) is 4.99. The van der Waals surface area contributed by atoms with E-state index in [-0.39, 0.29) is 42.3 Å². The molecule has 2 fully saturated rings. The van der Waals surface area contributed by atoms with Gasteiger partial charge in [-0.3, -0.25) is 0 Å². The fourth-order valence-electron chi connectivity index (χ4n) is 9.37. The van der Waals surface area contributed by atoms with Gasteiger partial charge in [-0.1, -0.05) is 120 Å². The summed E-state index contributed by atoms with van der Waals surface area (Å²) in [6, 6.07) is 56.1.